The van der Waals surface area contributed by atoms with E-state index in [1.807, 2.05) is 30.0 Å². The van der Waals surface area contributed by atoms with Gasteiger partial charge in [0.2, 0.25) is 11.8 Å². The van der Waals surface area contributed by atoms with Crippen molar-refractivity contribution in [3.8, 4) is 11.5 Å². The Balaban J connectivity index is 1.76. The van der Waals surface area contributed by atoms with E-state index < -0.39 is 0 Å². The Labute approximate surface area is 167 Å². The summed E-state index contributed by atoms with van der Waals surface area (Å²) in [6.45, 7) is 4.30. The van der Waals surface area contributed by atoms with E-state index in [2.05, 4.69) is 5.32 Å². The lowest BCUT2D eigenvalue weighted by atomic mass is 10.0. The third kappa shape index (κ3) is 6.71. The van der Waals surface area contributed by atoms with Gasteiger partial charge in [0.25, 0.3) is 0 Å². The van der Waals surface area contributed by atoms with Crippen LogP contribution in [0.1, 0.15) is 38.2 Å². The molecule has 0 radical (unpaired) electrons. The molecule has 0 spiro atoms. The van der Waals surface area contributed by atoms with Crippen molar-refractivity contribution in [1.29, 1.82) is 0 Å². The van der Waals surface area contributed by atoms with Gasteiger partial charge in [0, 0.05) is 39.1 Å². The molecule has 1 aliphatic heterocycles. The molecule has 1 saturated heterocycles. The van der Waals surface area contributed by atoms with Crippen LogP contribution in [0.25, 0.3) is 0 Å². The lowest BCUT2D eigenvalue weighted by Crippen LogP contribution is -2.46. The molecule has 0 saturated carbocycles. The fourth-order valence-corrected chi connectivity index (χ4v) is 3.32. The number of ether oxygens (including phenoxy) is 3. The summed E-state index contributed by atoms with van der Waals surface area (Å²) in [6.07, 6.45) is 3.08. The van der Waals surface area contributed by atoms with Crippen LogP contribution >= 0.6 is 0 Å². The molecule has 7 heteroatoms. The second kappa shape index (κ2) is 11.5. The number of nitrogens with zero attached hydrogens (tertiary/aromatic N) is 1. The van der Waals surface area contributed by atoms with Crippen LogP contribution in [-0.4, -0.2) is 63.3 Å². The van der Waals surface area contributed by atoms with Crippen molar-refractivity contribution < 1.29 is 23.8 Å². The fraction of sp³-hybridized carbons (Fsp3) is 0.619. The van der Waals surface area contributed by atoms with Gasteiger partial charge in [0.15, 0.2) is 11.5 Å². The van der Waals surface area contributed by atoms with Crippen LogP contribution in [0.5, 0.6) is 11.5 Å². The Morgan fingerprint density at radius 1 is 1.14 bits per heavy atom. The summed E-state index contributed by atoms with van der Waals surface area (Å²) in [6, 6.07) is 5.94. The summed E-state index contributed by atoms with van der Waals surface area (Å²) in [5, 5.41) is 3.02. The molecule has 1 aromatic carbocycles. The first-order valence-electron chi connectivity index (χ1n) is 9.93. The van der Waals surface area contributed by atoms with E-state index in [0.717, 1.165) is 24.2 Å². The zero-order valence-corrected chi connectivity index (χ0v) is 17.2. The average molecular weight is 392 g/mol. The molecular formula is C21H32N2O5. The zero-order valence-electron chi connectivity index (χ0n) is 17.2. The lowest BCUT2D eigenvalue weighted by molar-refractivity contribution is -0.132. The summed E-state index contributed by atoms with van der Waals surface area (Å²) >= 11 is 0. The number of nitrogens with one attached hydrogen (secondary N) is 1. The third-order valence-corrected chi connectivity index (χ3v) is 4.90. The Bertz CT molecular complexity index is 642. The molecule has 7 nitrogen and oxygen atoms in total. The highest BCUT2D eigenvalue weighted by Gasteiger charge is 2.23. The molecule has 0 aromatic heterocycles. The maximum Gasteiger partial charge on any atom is 0.222 e. The minimum absolute atomic E-state index is 0.0103. The highest BCUT2D eigenvalue weighted by molar-refractivity contribution is 5.77. The maximum absolute atomic E-state index is 12.5. The van der Waals surface area contributed by atoms with Crippen LogP contribution in [0.3, 0.4) is 0 Å². The molecule has 0 bridgehead atoms. The van der Waals surface area contributed by atoms with E-state index in [9.17, 15) is 9.59 Å². The highest BCUT2D eigenvalue weighted by atomic mass is 16.5. The van der Waals surface area contributed by atoms with E-state index in [1.54, 1.807) is 14.2 Å². The van der Waals surface area contributed by atoms with Gasteiger partial charge in [-0.25, -0.2) is 0 Å². The average Bonchev–Trinajstić information content (AvgIpc) is 2.72. The summed E-state index contributed by atoms with van der Waals surface area (Å²) in [4.78, 5) is 26.2. The van der Waals surface area contributed by atoms with E-state index in [-0.39, 0.29) is 17.9 Å². The summed E-state index contributed by atoms with van der Waals surface area (Å²) in [5.74, 6) is 1.57. The Morgan fingerprint density at radius 2 is 1.89 bits per heavy atom. The van der Waals surface area contributed by atoms with Gasteiger partial charge in [-0.2, -0.15) is 0 Å². The van der Waals surface area contributed by atoms with Crippen molar-refractivity contribution in [2.75, 3.05) is 40.5 Å². The number of carbonyl (C=O) groups is 2. The van der Waals surface area contributed by atoms with Gasteiger partial charge in [0.1, 0.15) is 0 Å². The van der Waals surface area contributed by atoms with Crippen LogP contribution in [0, 0.1) is 0 Å². The van der Waals surface area contributed by atoms with Gasteiger partial charge >= 0.3 is 0 Å². The first kappa shape index (κ1) is 22.0. The molecule has 2 rings (SSSR count). The molecule has 1 fully saturated rings. The number of hydrogen-bond donors (Lipinski definition) is 1. The van der Waals surface area contributed by atoms with Crippen molar-refractivity contribution in [2.24, 2.45) is 0 Å². The topological polar surface area (TPSA) is 77.1 Å². The fourth-order valence-electron chi connectivity index (χ4n) is 3.32. The van der Waals surface area contributed by atoms with E-state index in [0.29, 0.717) is 51.3 Å². The number of benzene rings is 1. The molecule has 0 atom stereocenters. The van der Waals surface area contributed by atoms with Crippen molar-refractivity contribution in [1.82, 2.24) is 10.2 Å². The van der Waals surface area contributed by atoms with E-state index >= 15 is 0 Å². The first-order valence-corrected chi connectivity index (χ1v) is 9.93. The Hall–Kier alpha value is -2.28. The number of amides is 2. The van der Waals surface area contributed by atoms with Gasteiger partial charge in [-0.15, -0.1) is 0 Å². The quantitative estimate of drug-likeness (QED) is 0.660. The second-order valence-corrected chi connectivity index (χ2v) is 6.88. The second-order valence-electron chi connectivity index (χ2n) is 6.88. The molecule has 28 heavy (non-hydrogen) atoms. The molecule has 1 aromatic rings. The molecular weight excluding hydrogens is 360 g/mol. The largest absolute Gasteiger partial charge is 0.493 e. The highest BCUT2D eigenvalue weighted by Crippen LogP contribution is 2.28. The van der Waals surface area contributed by atoms with Gasteiger partial charge in [0.05, 0.1) is 20.3 Å². The monoisotopic (exact) mass is 392 g/mol. The summed E-state index contributed by atoms with van der Waals surface area (Å²) in [7, 11) is 3.20. The third-order valence-electron chi connectivity index (χ3n) is 4.90. The van der Waals surface area contributed by atoms with Crippen LogP contribution in [-0.2, 0) is 20.7 Å². The number of aryl methyl sites for hydroxylation is 1. The predicted molar refractivity (Wildman–Crippen MR) is 107 cm³/mol. The van der Waals surface area contributed by atoms with Crippen LogP contribution < -0.4 is 14.8 Å². The van der Waals surface area contributed by atoms with Crippen LogP contribution in [0.4, 0.5) is 0 Å². The first-order chi connectivity index (χ1) is 13.6. The number of likely N-dealkylation sites (tertiary alicyclic amines) is 1. The molecule has 0 aliphatic carbocycles. The molecule has 156 valence electrons. The molecule has 1 aliphatic rings. The van der Waals surface area contributed by atoms with Gasteiger partial charge in [-0.1, -0.05) is 6.07 Å². The maximum atomic E-state index is 12.5. The molecule has 1 N–H and O–H groups in total. The lowest BCUT2D eigenvalue weighted by Gasteiger charge is -2.32. The van der Waals surface area contributed by atoms with Crippen LogP contribution in [0.15, 0.2) is 18.2 Å². The number of hydrogen-bond acceptors (Lipinski definition) is 5. The van der Waals surface area contributed by atoms with Crippen molar-refractivity contribution >= 4 is 11.8 Å². The normalized spacial score (nSPS) is 14.6. The SMILES string of the molecule is CCOc1ccc(CCC(=O)N2CCC(NC(=O)CCOC)CC2)cc1OC. The summed E-state index contributed by atoms with van der Waals surface area (Å²) < 4.78 is 15.8. The van der Waals surface area contributed by atoms with Gasteiger partial charge in [-0.3, -0.25) is 9.59 Å². The van der Waals surface area contributed by atoms with Crippen molar-refractivity contribution in [2.45, 2.75) is 45.1 Å². The number of piperidine rings is 1. The standard InChI is InChI=1S/C21H32N2O5/c1-4-28-18-7-5-16(15-19(18)27-3)6-8-21(25)23-12-9-17(10-13-23)22-20(24)11-14-26-2/h5,7,15,17H,4,6,8-14H2,1-3H3,(H,22,24). The zero-order chi connectivity index (χ0) is 20.4. The number of methoxy groups -OCH3 is 2. The van der Waals surface area contributed by atoms with E-state index in [1.165, 1.54) is 0 Å². The summed E-state index contributed by atoms with van der Waals surface area (Å²) in [5.41, 5.74) is 1.05. The Morgan fingerprint density at radius 3 is 2.54 bits per heavy atom. The number of carbonyl (C=O) groups excluding carboxylic acids is 2. The van der Waals surface area contributed by atoms with Crippen molar-refractivity contribution in [3.63, 3.8) is 0 Å². The molecule has 1 heterocycles. The minimum Gasteiger partial charge on any atom is -0.493 e. The molecule has 2 amide bonds. The predicted octanol–water partition coefficient (Wildman–Crippen LogP) is 2.17. The van der Waals surface area contributed by atoms with Gasteiger partial charge < -0.3 is 24.4 Å². The van der Waals surface area contributed by atoms with Crippen molar-refractivity contribution in [3.05, 3.63) is 23.8 Å². The van der Waals surface area contributed by atoms with Gasteiger partial charge in [-0.05, 0) is 43.9 Å². The minimum atomic E-state index is 0.0103. The smallest absolute Gasteiger partial charge is 0.222 e. The van der Waals surface area contributed by atoms with E-state index in [4.69, 9.17) is 14.2 Å². The number of rotatable bonds is 10. The molecule has 0 unspecified atom stereocenters. The van der Waals surface area contributed by atoms with Crippen LogP contribution in [0.2, 0.25) is 0 Å². The Kier molecular flexibility index (Phi) is 9.07.